The van der Waals surface area contributed by atoms with Crippen molar-refractivity contribution in [1.82, 2.24) is 30.2 Å². The lowest BCUT2D eigenvalue weighted by molar-refractivity contribution is -0.120. The maximum absolute atomic E-state index is 16.5. The van der Waals surface area contributed by atoms with Crippen molar-refractivity contribution in [3.63, 3.8) is 0 Å². The number of aromatic nitrogens is 2. The summed E-state index contributed by atoms with van der Waals surface area (Å²) in [6.45, 7) is 10.5. The lowest BCUT2D eigenvalue weighted by atomic mass is 9.75. The first kappa shape index (κ1) is 47.7. The number of urea groups is 1. The number of aliphatic hydroxyl groups excluding tert-OH is 1. The number of likely N-dealkylation sites (tertiary alicyclic amines) is 2. The minimum atomic E-state index is -0.965. The summed E-state index contributed by atoms with van der Waals surface area (Å²) < 4.78 is 46.7. The molecule has 0 bridgehead atoms. The molecule has 14 nitrogen and oxygen atoms in total. The molecule has 4 fully saturated rings. The van der Waals surface area contributed by atoms with E-state index in [1.54, 1.807) is 11.8 Å². The van der Waals surface area contributed by atoms with Crippen molar-refractivity contribution in [3.8, 4) is 22.6 Å². The van der Waals surface area contributed by atoms with Gasteiger partial charge in [0.1, 0.15) is 18.2 Å². The first-order valence-electron chi connectivity index (χ1n) is 25.0. The van der Waals surface area contributed by atoms with Crippen molar-refractivity contribution >= 4 is 34.6 Å². The quantitative estimate of drug-likeness (QED) is 0.0851. The van der Waals surface area contributed by atoms with Gasteiger partial charge in [0.2, 0.25) is 11.8 Å². The summed E-state index contributed by atoms with van der Waals surface area (Å²) >= 11 is 0. The van der Waals surface area contributed by atoms with Crippen molar-refractivity contribution in [1.29, 1.82) is 0 Å². The molecule has 0 spiro atoms. The van der Waals surface area contributed by atoms with E-state index in [0.29, 0.717) is 42.2 Å². The Bertz CT molecular complexity index is 2780. The Hall–Kier alpha value is -5.94. The van der Waals surface area contributed by atoms with Gasteiger partial charge >= 0.3 is 6.03 Å². The van der Waals surface area contributed by atoms with Crippen LogP contribution in [-0.2, 0) is 17.4 Å². The number of aryl methyl sites for hydroxylation is 1. The number of imide groups is 1. The first-order valence-corrected chi connectivity index (χ1v) is 25.0. The van der Waals surface area contributed by atoms with E-state index < -0.39 is 35.1 Å². The van der Waals surface area contributed by atoms with Crippen molar-refractivity contribution in [2.45, 2.75) is 82.3 Å². The molecule has 5 aliphatic rings. The van der Waals surface area contributed by atoms with Crippen molar-refractivity contribution < 1.29 is 37.7 Å². The molecule has 1 saturated carbocycles. The van der Waals surface area contributed by atoms with Crippen molar-refractivity contribution in [2.24, 2.45) is 24.6 Å². The minimum absolute atomic E-state index is 0.102. The molecule has 4 aromatic carbocycles. The van der Waals surface area contributed by atoms with Crippen LogP contribution in [-0.4, -0.2) is 114 Å². The number of rotatable bonds is 15. The highest BCUT2D eigenvalue weighted by atomic mass is 19.1. The van der Waals surface area contributed by atoms with Gasteiger partial charge in [-0.25, -0.2) is 13.6 Å². The van der Waals surface area contributed by atoms with Crippen LogP contribution in [0.1, 0.15) is 96.3 Å². The number of primary amides is 1. The number of ether oxygens (including phenoxy) is 2. The van der Waals surface area contributed by atoms with Crippen molar-refractivity contribution in [3.05, 3.63) is 106 Å². The normalized spacial score (nSPS) is 23.6. The molecule has 5 aromatic rings. The number of nitrogens with zero attached hydrogens (tertiary/aromatic N) is 5. The van der Waals surface area contributed by atoms with Gasteiger partial charge in [-0.15, -0.1) is 0 Å². The summed E-state index contributed by atoms with van der Waals surface area (Å²) in [5.74, 6) is -0.499. The van der Waals surface area contributed by atoms with Crippen LogP contribution < -0.4 is 30.7 Å². The van der Waals surface area contributed by atoms with E-state index in [-0.39, 0.29) is 65.3 Å². The van der Waals surface area contributed by atoms with Gasteiger partial charge in [0.15, 0.2) is 23.0 Å². The van der Waals surface area contributed by atoms with E-state index in [1.165, 1.54) is 36.6 Å². The van der Waals surface area contributed by atoms with Crippen molar-refractivity contribution in [2.75, 3.05) is 70.5 Å². The van der Waals surface area contributed by atoms with Crippen LogP contribution in [0.25, 0.3) is 22.0 Å². The highest BCUT2D eigenvalue weighted by Gasteiger charge is 2.50. The number of piperidine rings is 2. The van der Waals surface area contributed by atoms with Crippen LogP contribution in [0, 0.1) is 30.4 Å². The van der Waals surface area contributed by atoms with Gasteiger partial charge in [-0.3, -0.25) is 24.5 Å². The Balaban J connectivity index is 0.725. The summed E-state index contributed by atoms with van der Waals surface area (Å²) in [4.78, 5) is 43.9. The molecular formula is C54H64F2N8O6. The number of aliphatic hydroxyl groups is 1. The molecule has 16 heteroatoms. The number of hydrogen-bond donors (Lipinski definition) is 4. The number of hydrogen-bond acceptors (Lipinski definition) is 10. The summed E-state index contributed by atoms with van der Waals surface area (Å²) in [5, 5.41) is 21.2. The minimum Gasteiger partial charge on any atom is -0.488 e. The molecule has 2 unspecified atom stereocenters. The Morgan fingerprint density at radius 2 is 1.66 bits per heavy atom. The molecule has 1 aromatic heterocycles. The lowest BCUT2D eigenvalue weighted by Crippen LogP contribution is -2.52. The highest BCUT2D eigenvalue weighted by Crippen LogP contribution is 2.56. The van der Waals surface area contributed by atoms with Gasteiger partial charge in [0, 0.05) is 74.2 Å². The van der Waals surface area contributed by atoms with Gasteiger partial charge in [-0.05, 0) is 136 Å². The zero-order valence-electron chi connectivity index (χ0n) is 40.3. The number of halogens is 2. The molecular weight excluding hydrogens is 895 g/mol. The number of nitrogens with one attached hydrogen (secondary N) is 2. The highest BCUT2D eigenvalue weighted by molar-refractivity contribution is 6.09. The van der Waals surface area contributed by atoms with E-state index in [4.69, 9.17) is 15.2 Å². The second kappa shape index (κ2) is 19.7. The number of carbonyl (C=O) groups is 3. The van der Waals surface area contributed by atoms with E-state index in [9.17, 15) is 19.5 Å². The Morgan fingerprint density at radius 1 is 0.943 bits per heavy atom. The molecule has 3 saturated heterocycles. The third kappa shape index (κ3) is 9.03. The molecule has 1 aliphatic carbocycles. The zero-order valence-corrected chi connectivity index (χ0v) is 40.3. The number of carbonyl (C=O) groups excluding carboxylic acids is 3. The fraction of sp³-hybridized carbons (Fsp3) is 0.481. The van der Waals surface area contributed by atoms with Gasteiger partial charge in [0.25, 0.3) is 0 Å². The molecule has 370 valence electrons. The van der Waals surface area contributed by atoms with Gasteiger partial charge in [-0.2, -0.15) is 5.10 Å². The SMILES string of the molecule is Cc1c(F)cc2c(c1-c1c(C(N)=O)ccc(OCCO)c1F)C(C)C(CNC1CC(CN3CCC(CN4CCC(c5ccc6c(N7CCC(=O)NC7=O)nn(C)c6c5)CC4)CC3)C1)(c1ccccc1)O2. The van der Waals surface area contributed by atoms with Crippen LogP contribution >= 0.6 is 0 Å². The molecule has 2 atom stereocenters. The Morgan fingerprint density at radius 3 is 2.36 bits per heavy atom. The maximum atomic E-state index is 16.5. The number of benzene rings is 4. The maximum Gasteiger partial charge on any atom is 0.329 e. The summed E-state index contributed by atoms with van der Waals surface area (Å²) in [7, 11) is 1.91. The van der Waals surface area contributed by atoms with Crippen LogP contribution in [0.3, 0.4) is 0 Å². The topological polar surface area (TPSA) is 168 Å². The number of nitrogens with two attached hydrogens (primary N) is 1. The summed E-state index contributed by atoms with van der Waals surface area (Å²) in [5.41, 5.74) is 8.78. The monoisotopic (exact) mass is 958 g/mol. The fourth-order valence-corrected chi connectivity index (χ4v) is 12.0. The second-order valence-corrected chi connectivity index (χ2v) is 20.3. The average Bonchev–Trinajstić information content (AvgIpc) is 3.82. The van der Waals surface area contributed by atoms with Crippen LogP contribution in [0.2, 0.25) is 0 Å². The fourth-order valence-electron chi connectivity index (χ4n) is 12.0. The van der Waals surface area contributed by atoms with E-state index in [1.807, 2.05) is 49.0 Å². The van der Waals surface area contributed by atoms with Gasteiger partial charge in [-0.1, -0.05) is 43.3 Å². The third-order valence-electron chi connectivity index (χ3n) is 16.0. The van der Waals surface area contributed by atoms with Gasteiger partial charge in [0.05, 0.1) is 17.7 Å². The number of fused-ring (bicyclic) bond motifs is 2. The van der Waals surface area contributed by atoms with Crippen LogP contribution in [0.5, 0.6) is 11.5 Å². The van der Waals surface area contributed by atoms with Crippen LogP contribution in [0.4, 0.5) is 19.4 Å². The summed E-state index contributed by atoms with van der Waals surface area (Å²) in [6.07, 6.45) is 6.99. The van der Waals surface area contributed by atoms with E-state index in [2.05, 4.69) is 43.7 Å². The molecule has 0 radical (unpaired) electrons. The van der Waals surface area contributed by atoms with Crippen LogP contribution in [0.15, 0.2) is 66.7 Å². The largest absolute Gasteiger partial charge is 0.488 e. The van der Waals surface area contributed by atoms with Gasteiger partial charge < -0.3 is 35.4 Å². The summed E-state index contributed by atoms with van der Waals surface area (Å²) in [6, 6.07) is 20.3. The third-order valence-corrected chi connectivity index (χ3v) is 16.0. The van der Waals surface area contributed by atoms with E-state index in [0.717, 1.165) is 81.4 Å². The molecule has 4 amide bonds. The molecule has 70 heavy (non-hydrogen) atoms. The number of amides is 4. The molecule has 5 heterocycles. The molecule has 4 aliphatic heterocycles. The Labute approximate surface area is 407 Å². The molecule has 10 rings (SSSR count). The molecule has 5 N–H and O–H groups in total. The average molecular weight is 959 g/mol. The van der Waals surface area contributed by atoms with E-state index >= 15 is 8.78 Å². The zero-order chi connectivity index (χ0) is 48.8. The predicted molar refractivity (Wildman–Crippen MR) is 263 cm³/mol. The second-order valence-electron chi connectivity index (χ2n) is 20.3. The smallest absolute Gasteiger partial charge is 0.329 e. The lowest BCUT2D eigenvalue weighted by Gasteiger charge is -2.43. The Kier molecular flexibility index (Phi) is 13.4. The number of anilines is 1. The standard InChI is InChI=1S/C54H64F2N8O6/c1-32-42(55)28-45-48(47(32)49-41(51(57)67)11-12-44(50(49)56)69-24-23-65)33(2)54(70-45,38-7-5-4-6-8-38)31-58-39-25-35(26-39)30-62-18-13-34(14-19-62)29-63-20-15-36(16-21-63)37-9-10-40-43(27-37)61(3)60-52(40)64-22-17-46(66)59-53(64)68/h4-12,27-28,33-36,39,58,65H,13-26,29-31H2,1-3H3,(H2,57,67)(H,59,66,68). The predicted octanol–water partition coefficient (Wildman–Crippen LogP) is 7.09. The first-order chi connectivity index (χ1) is 33.8.